The number of carbonyl (C=O) groups is 2. The lowest BCUT2D eigenvalue weighted by molar-refractivity contribution is -0.133. The second-order valence-corrected chi connectivity index (χ2v) is 6.44. The van der Waals surface area contributed by atoms with Gasteiger partial charge in [-0.15, -0.1) is 0 Å². The third-order valence-corrected chi connectivity index (χ3v) is 3.30. The topological polar surface area (TPSA) is 49.4 Å². The maximum absolute atomic E-state index is 12.4. The molecule has 2 atom stereocenters. The maximum atomic E-state index is 12.4. The molecule has 0 aliphatic heterocycles. The fourth-order valence-corrected chi connectivity index (χ4v) is 2.30. The van der Waals surface area contributed by atoms with E-state index in [9.17, 15) is 9.59 Å². The zero-order valence-corrected chi connectivity index (χ0v) is 13.7. The van der Waals surface area contributed by atoms with E-state index in [1.54, 1.807) is 0 Å². The molecule has 0 unspecified atom stereocenters. The monoisotopic (exact) mass is 270 g/mol. The molecule has 0 bridgehead atoms. The van der Waals surface area contributed by atoms with E-state index in [0.29, 0.717) is 0 Å². The molecule has 0 aliphatic rings. The highest BCUT2D eigenvalue weighted by atomic mass is 16.2. The normalized spacial score (nSPS) is 15.2. The van der Waals surface area contributed by atoms with Gasteiger partial charge in [0.2, 0.25) is 5.91 Å². The summed E-state index contributed by atoms with van der Waals surface area (Å²) >= 11 is 0. The standard InChI is InChI=1S/C15H30N2O2/c1-9(2)12(14(18)11(5)6)16-15(19)13(10(3)4)17(7)8/h9-13H,1-8H3,(H,16,19)/t12-,13-/m0/s1. The van der Waals surface area contributed by atoms with Gasteiger partial charge in [0.05, 0.1) is 12.1 Å². The first-order valence-electron chi connectivity index (χ1n) is 7.10. The van der Waals surface area contributed by atoms with Crippen LogP contribution < -0.4 is 5.32 Å². The van der Waals surface area contributed by atoms with Crippen molar-refractivity contribution >= 4 is 11.7 Å². The Morgan fingerprint density at radius 3 is 1.63 bits per heavy atom. The smallest absolute Gasteiger partial charge is 0.238 e. The number of nitrogens with one attached hydrogen (secondary N) is 1. The molecule has 112 valence electrons. The van der Waals surface area contributed by atoms with E-state index in [4.69, 9.17) is 0 Å². The Morgan fingerprint density at radius 2 is 1.37 bits per heavy atom. The Labute approximate surface area is 117 Å². The van der Waals surface area contributed by atoms with Crippen LogP contribution in [0.2, 0.25) is 0 Å². The zero-order chi connectivity index (χ0) is 15.3. The van der Waals surface area contributed by atoms with Crippen LogP contribution in [0.3, 0.4) is 0 Å². The molecule has 0 heterocycles. The summed E-state index contributed by atoms with van der Waals surface area (Å²) in [6, 6.07) is -0.602. The molecule has 0 aromatic carbocycles. The van der Waals surface area contributed by atoms with Crippen molar-refractivity contribution in [3.63, 3.8) is 0 Å². The molecule has 0 saturated heterocycles. The van der Waals surface area contributed by atoms with Crippen molar-refractivity contribution in [3.8, 4) is 0 Å². The van der Waals surface area contributed by atoms with Gasteiger partial charge in [-0.1, -0.05) is 41.5 Å². The van der Waals surface area contributed by atoms with Crippen LogP contribution in [-0.2, 0) is 9.59 Å². The van der Waals surface area contributed by atoms with Crippen LogP contribution in [0.25, 0.3) is 0 Å². The van der Waals surface area contributed by atoms with E-state index >= 15 is 0 Å². The summed E-state index contributed by atoms with van der Waals surface area (Å²) in [4.78, 5) is 26.4. The number of Topliss-reactive ketones (excluding diaryl/α,β-unsaturated/α-hetero) is 1. The summed E-state index contributed by atoms with van der Waals surface area (Å²) in [6.07, 6.45) is 0. The third-order valence-electron chi connectivity index (χ3n) is 3.30. The Hall–Kier alpha value is -0.900. The van der Waals surface area contributed by atoms with Gasteiger partial charge in [-0.3, -0.25) is 14.5 Å². The van der Waals surface area contributed by atoms with E-state index in [2.05, 4.69) is 5.32 Å². The lowest BCUT2D eigenvalue weighted by Crippen LogP contribution is -2.54. The highest BCUT2D eigenvalue weighted by molar-refractivity contribution is 5.92. The fourth-order valence-electron chi connectivity index (χ4n) is 2.30. The van der Waals surface area contributed by atoms with Gasteiger partial charge in [0.25, 0.3) is 0 Å². The van der Waals surface area contributed by atoms with Crippen molar-refractivity contribution in [3.05, 3.63) is 0 Å². The van der Waals surface area contributed by atoms with Crippen LogP contribution >= 0.6 is 0 Å². The van der Waals surface area contributed by atoms with E-state index in [1.807, 2.05) is 60.5 Å². The van der Waals surface area contributed by atoms with Crippen molar-refractivity contribution in [1.29, 1.82) is 0 Å². The minimum Gasteiger partial charge on any atom is -0.345 e. The summed E-state index contributed by atoms with van der Waals surface area (Å²) in [5, 5.41) is 2.93. The molecule has 0 fully saturated rings. The Bertz CT molecular complexity index is 301. The van der Waals surface area contributed by atoms with Crippen LogP contribution in [0.5, 0.6) is 0 Å². The molecule has 4 heteroatoms. The summed E-state index contributed by atoms with van der Waals surface area (Å²) < 4.78 is 0. The van der Waals surface area contributed by atoms with E-state index in [-0.39, 0.29) is 35.5 Å². The van der Waals surface area contributed by atoms with Gasteiger partial charge in [-0.25, -0.2) is 0 Å². The van der Waals surface area contributed by atoms with Crippen LogP contribution in [0, 0.1) is 17.8 Å². The van der Waals surface area contributed by atoms with Crippen LogP contribution in [-0.4, -0.2) is 42.8 Å². The molecule has 0 spiro atoms. The lowest BCUT2D eigenvalue weighted by atomic mass is 9.92. The molecule has 0 radical (unpaired) electrons. The largest absolute Gasteiger partial charge is 0.345 e. The number of amides is 1. The minimum absolute atomic E-state index is 0.0623. The minimum atomic E-state index is -0.395. The molecule has 19 heavy (non-hydrogen) atoms. The molecule has 0 aromatic rings. The van der Waals surface area contributed by atoms with Gasteiger partial charge in [-0.05, 0) is 25.9 Å². The Morgan fingerprint density at radius 1 is 0.895 bits per heavy atom. The number of likely N-dealkylation sites (N-methyl/N-ethyl adjacent to an activating group) is 1. The number of hydrogen-bond donors (Lipinski definition) is 1. The molecule has 0 saturated carbocycles. The number of ketones is 1. The molecule has 1 amide bonds. The molecule has 0 rings (SSSR count). The Kier molecular flexibility index (Phi) is 7.27. The predicted octanol–water partition coefficient (Wildman–Crippen LogP) is 1.94. The van der Waals surface area contributed by atoms with Crippen molar-refractivity contribution in [2.24, 2.45) is 17.8 Å². The van der Waals surface area contributed by atoms with Gasteiger partial charge < -0.3 is 5.32 Å². The molecule has 1 N–H and O–H groups in total. The Balaban J connectivity index is 4.95. The van der Waals surface area contributed by atoms with Crippen molar-refractivity contribution in [1.82, 2.24) is 10.2 Å². The first-order chi connectivity index (χ1) is 8.59. The average molecular weight is 270 g/mol. The second kappa shape index (κ2) is 7.63. The van der Waals surface area contributed by atoms with Gasteiger partial charge in [-0.2, -0.15) is 0 Å². The fraction of sp³-hybridized carbons (Fsp3) is 0.867. The molecule has 0 aliphatic carbocycles. The zero-order valence-electron chi connectivity index (χ0n) is 13.7. The first kappa shape index (κ1) is 18.1. The first-order valence-corrected chi connectivity index (χ1v) is 7.10. The van der Waals surface area contributed by atoms with Crippen molar-refractivity contribution in [2.45, 2.75) is 53.6 Å². The maximum Gasteiger partial charge on any atom is 0.238 e. The summed E-state index contributed by atoms with van der Waals surface area (Å²) in [5.74, 6) is 0.285. The number of nitrogens with zero attached hydrogens (tertiary/aromatic N) is 1. The number of rotatable bonds is 7. The van der Waals surface area contributed by atoms with E-state index in [0.717, 1.165) is 0 Å². The SMILES string of the molecule is CC(C)C(=O)[C@@H](NC(=O)[C@H](C(C)C)N(C)C)C(C)C. The van der Waals surface area contributed by atoms with E-state index < -0.39 is 6.04 Å². The van der Waals surface area contributed by atoms with Gasteiger partial charge >= 0.3 is 0 Å². The van der Waals surface area contributed by atoms with Gasteiger partial charge in [0.1, 0.15) is 0 Å². The summed E-state index contributed by atoms with van der Waals surface area (Å²) in [7, 11) is 3.78. The quantitative estimate of drug-likeness (QED) is 0.769. The molecule has 4 nitrogen and oxygen atoms in total. The van der Waals surface area contributed by atoms with E-state index in [1.165, 1.54) is 0 Å². The van der Waals surface area contributed by atoms with Crippen molar-refractivity contribution in [2.75, 3.05) is 14.1 Å². The summed E-state index contributed by atoms with van der Waals surface area (Å²) in [5.41, 5.74) is 0. The highest BCUT2D eigenvalue weighted by Gasteiger charge is 2.31. The van der Waals surface area contributed by atoms with Crippen molar-refractivity contribution < 1.29 is 9.59 Å². The predicted molar refractivity (Wildman–Crippen MR) is 78.9 cm³/mol. The van der Waals surface area contributed by atoms with Crippen LogP contribution in [0.4, 0.5) is 0 Å². The van der Waals surface area contributed by atoms with Gasteiger partial charge in [0.15, 0.2) is 5.78 Å². The summed E-state index contributed by atoms with van der Waals surface area (Å²) in [6.45, 7) is 11.7. The molecular formula is C15H30N2O2. The number of hydrogen-bond acceptors (Lipinski definition) is 3. The average Bonchev–Trinajstić information content (AvgIpc) is 2.23. The van der Waals surface area contributed by atoms with Crippen LogP contribution in [0.1, 0.15) is 41.5 Å². The second-order valence-electron chi connectivity index (χ2n) is 6.44. The lowest BCUT2D eigenvalue weighted by Gasteiger charge is -2.30. The third kappa shape index (κ3) is 5.31. The number of carbonyl (C=O) groups excluding carboxylic acids is 2. The highest BCUT2D eigenvalue weighted by Crippen LogP contribution is 2.12. The van der Waals surface area contributed by atoms with Crippen LogP contribution in [0.15, 0.2) is 0 Å². The molecular weight excluding hydrogens is 240 g/mol. The molecule has 0 aromatic heterocycles. The van der Waals surface area contributed by atoms with Gasteiger partial charge in [0, 0.05) is 5.92 Å².